The van der Waals surface area contributed by atoms with Gasteiger partial charge in [-0.25, -0.2) is 9.78 Å². The zero-order valence-electron chi connectivity index (χ0n) is 22.7. The maximum atomic E-state index is 13.3. The molecule has 0 bridgehead atoms. The zero-order chi connectivity index (χ0) is 28.5. The first-order valence-electron chi connectivity index (χ1n) is 13.9. The van der Waals surface area contributed by atoms with Crippen LogP contribution in [-0.4, -0.2) is 27.0 Å². The van der Waals surface area contributed by atoms with Crippen molar-refractivity contribution in [3.8, 4) is 22.5 Å². The fourth-order valence-corrected chi connectivity index (χ4v) is 5.57. The van der Waals surface area contributed by atoms with Crippen LogP contribution in [0.2, 0.25) is 5.02 Å². The number of hydrogen-bond donors (Lipinski definition) is 3. The van der Waals surface area contributed by atoms with Crippen molar-refractivity contribution < 1.29 is 14.7 Å². The van der Waals surface area contributed by atoms with Crippen LogP contribution >= 0.6 is 11.6 Å². The van der Waals surface area contributed by atoms with E-state index in [2.05, 4.69) is 29.4 Å². The number of aromatic amines is 1. The molecule has 1 fully saturated rings. The van der Waals surface area contributed by atoms with Crippen LogP contribution in [0.4, 0.5) is 0 Å². The molecule has 0 radical (unpaired) electrons. The number of aromatic carboxylic acids is 1. The van der Waals surface area contributed by atoms with Crippen molar-refractivity contribution in [2.24, 2.45) is 0 Å². The lowest BCUT2D eigenvalue weighted by Gasteiger charge is -2.19. The molecule has 0 aliphatic heterocycles. The lowest BCUT2D eigenvalue weighted by Crippen LogP contribution is -2.28. The third-order valence-corrected chi connectivity index (χ3v) is 7.91. The number of nitrogens with zero attached hydrogens (tertiary/aromatic N) is 1. The molecule has 0 unspecified atom stereocenters. The molecule has 6 rings (SSSR count). The predicted octanol–water partition coefficient (Wildman–Crippen LogP) is 8.40. The van der Waals surface area contributed by atoms with Crippen molar-refractivity contribution in [2.45, 2.75) is 44.6 Å². The lowest BCUT2D eigenvalue weighted by atomic mass is 9.93. The van der Waals surface area contributed by atoms with Crippen LogP contribution in [0.5, 0.6) is 0 Å². The molecular weight excluding hydrogens is 534 g/mol. The van der Waals surface area contributed by atoms with Gasteiger partial charge >= 0.3 is 5.97 Å². The topological polar surface area (TPSA) is 95.1 Å². The van der Waals surface area contributed by atoms with Gasteiger partial charge in [0.15, 0.2) is 0 Å². The number of halogens is 1. The highest BCUT2D eigenvalue weighted by Gasteiger charge is 2.25. The Morgan fingerprint density at radius 3 is 2.49 bits per heavy atom. The summed E-state index contributed by atoms with van der Waals surface area (Å²) in [5, 5.41) is 13.8. The van der Waals surface area contributed by atoms with E-state index in [1.54, 1.807) is 24.3 Å². The smallest absolute Gasteiger partial charge is 0.336 e. The number of carboxylic acid groups (broad SMARTS) is 1. The summed E-state index contributed by atoms with van der Waals surface area (Å²) in [7, 11) is 0. The van der Waals surface area contributed by atoms with Crippen LogP contribution in [0.25, 0.3) is 33.5 Å². The number of carbonyl (C=O) groups is 2. The largest absolute Gasteiger partial charge is 0.478 e. The monoisotopic (exact) mass is 563 g/mol. The van der Waals surface area contributed by atoms with Crippen molar-refractivity contribution in [2.75, 3.05) is 0 Å². The number of aromatic nitrogens is 2. The van der Waals surface area contributed by atoms with Crippen LogP contribution in [0.3, 0.4) is 0 Å². The normalized spacial score (nSPS) is 13.7. The molecular formula is C34H30ClN3O3. The highest BCUT2D eigenvalue weighted by molar-refractivity contribution is 6.31. The number of hydrogen-bond acceptors (Lipinski definition) is 3. The van der Waals surface area contributed by atoms with E-state index in [0.29, 0.717) is 27.9 Å². The van der Waals surface area contributed by atoms with Crippen LogP contribution in [0.1, 0.15) is 76.4 Å². The molecule has 3 N–H and O–H groups in total. The van der Waals surface area contributed by atoms with Gasteiger partial charge in [-0.2, -0.15) is 0 Å². The van der Waals surface area contributed by atoms with Gasteiger partial charge in [-0.15, -0.1) is 0 Å². The van der Waals surface area contributed by atoms with Gasteiger partial charge in [-0.1, -0.05) is 67.4 Å². The Balaban J connectivity index is 1.37. The first kappa shape index (κ1) is 26.8. The molecule has 206 valence electrons. The summed E-state index contributed by atoms with van der Waals surface area (Å²) in [4.78, 5) is 34.1. The molecule has 1 saturated carbocycles. The highest BCUT2D eigenvalue weighted by Crippen LogP contribution is 2.41. The van der Waals surface area contributed by atoms with Crippen LogP contribution in [0, 0.1) is 0 Å². The van der Waals surface area contributed by atoms with Gasteiger partial charge in [0.05, 0.1) is 22.6 Å². The van der Waals surface area contributed by atoms with Gasteiger partial charge in [-0.05, 0) is 89.9 Å². The van der Waals surface area contributed by atoms with Crippen molar-refractivity contribution >= 4 is 34.5 Å². The standard InChI is InChI=1S/C34H30ClN3O3/c1-2-6-29(21-7-4-3-5-8-21)38-33(39)23-11-14-25(28(17-23)34(40)41)27-19-24(35)13-15-26(27)32-36-30-16-12-22(20-9-10-20)18-31(30)37-32/h3-5,7-8,11-20,29H,2,6,9-10H2,1H3,(H,36,37)(H,38,39)(H,40,41)/t29-/m1/s1. The first-order valence-corrected chi connectivity index (χ1v) is 14.3. The summed E-state index contributed by atoms with van der Waals surface area (Å²) in [5.74, 6) is -0.212. The average molecular weight is 564 g/mol. The van der Waals surface area contributed by atoms with Gasteiger partial charge in [0.2, 0.25) is 0 Å². The molecule has 7 heteroatoms. The molecule has 41 heavy (non-hydrogen) atoms. The van der Waals surface area contributed by atoms with Crippen LogP contribution in [-0.2, 0) is 0 Å². The number of benzene rings is 4. The molecule has 5 aromatic rings. The number of fused-ring (bicyclic) bond motifs is 1. The SMILES string of the molecule is CCC[C@@H](NC(=O)c1ccc(-c2cc(Cl)ccc2-c2nc3cc(C4CC4)ccc3[nH]2)c(C(=O)O)c1)c1ccccc1. The lowest BCUT2D eigenvalue weighted by molar-refractivity contribution is 0.0697. The van der Waals surface area contributed by atoms with Crippen molar-refractivity contribution in [3.63, 3.8) is 0 Å². The van der Waals surface area contributed by atoms with Crippen molar-refractivity contribution in [3.05, 3.63) is 112 Å². The van der Waals surface area contributed by atoms with Gasteiger partial charge in [0.25, 0.3) is 5.91 Å². The van der Waals surface area contributed by atoms with E-state index < -0.39 is 5.97 Å². The summed E-state index contributed by atoms with van der Waals surface area (Å²) < 4.78 is 0. The highest BCUT2D eigenvalue weighted by atomic mass is 35.5. The molecule has 0 spiro atoms. The summed E-state index contributed by atoms with van der Waals surface area (Å²) in [6, 6.07) is 26.1. The Hall–Kier alpha value is -4.42. The van der Waals surface area contributed by atoms with E-state index in [4.69, 9.17) is 16.6 Å². The summed E-state index contributed by atoms with van der Waals surface area (Å²) in [6.07, 6.45) is 4.08. The molecule has 1 aromatic heterocycles. The van der Waals surface area contributed by atoms with E-state index in [-0.39, 0.29) is 23.1 Å². The third kappa shape index (κ3) is 5.61. The molecule has 6 nitrogen and oxygen atoms in total. The number of carbonyl (C=O) groups excluding carboxylic acids is 1. The van der Waals surface area contributed by atoms with E-state index in [1.165, 1.54) is 24.5 Å². The van der Waals surface area contributed by atoms with Crippen LogP contribution < -0.4 is 5.32 Å². The van der Waals surface area contributed by atoms with Crippen LogP contribution in [0.15, 0.2) is 84.9 Å². The van der Waals surface area contributed by atoms with E-state index in [0.717, 1.165) is 35.0 Å². The Morgan fingerprint density at radius 2 is 1.76 bits per heavy atom. The minimum atomic E-state index is -1.13. The third-order valence-electron chi connectivity index (χ3n) is 7.68. The number of imidazole rings is 1. The number of rotatable bonds is 9. The molecule has 1 amide bonds. The quantitative estimate of drug-likeness (QED) is 0.168. The zero-order valence-corrected chi connectivity index (χ0v) is 23.4. The molecule has 0 saturated heterocycles. The summed E-state index contributed by atoms with van der Waals surface area (Å²) in [5.41, 5.74) is 6.19. The Bertz CT molecular complexity index is 1760. The molecule has 4 aromatic carbocycles. The Kier molecular flexibility index (Phi) is 7.33. The minimum Gasteiger partial charge on any atom is -0.478 e. The van der Waals surface area contributed by atoms with Crippen molar-refractivity contribution in [1.82, 2.24) is 15.3 Å². The van der Waals surface area contributed by atoms with Crippen molar-refractivity contribution in [1.29, 1.82) is 0 Å². The predicted molar refractivity (Wildman–Crippen MR) is 162 cm³/mol. The average Bonchev–Trinajstić information content (AvgIpc) is 3.75. The molecule has 1 aliphatic carbocycles. The first-order chi connectivity index (χ1) is 19.9. The van der Waals surface area contributed by atoms with Gasteiger partial charge < -0.3 is 15.4 Å². The minimum absolute atomic E-state index is 0.0139. The van der Waals surface area contributed by atoms with E-state index in [9.17, 15) is 14.7 Å². The number of carboxylic acids is 1. The van der Waals surface area contributed by atoms with Gasteiger partial charge in [0, 0.05) is 16.1 Å². The molecule has 1 atom stereocenters. The maximum Gasteiger partial charge on any atom is 0.336 e. The fourth-order valence-electron chi connectivity index (χ4n) is 5.40. The number of amides is 1. The summed E-state index contributed by atoms with van der Waals surface area (Å²) in [6.45, 7) is 2.07. The number of H-pyrrole nitrogens is 1. The Labute approximate surface area is 243 Å². The number of nitrogens with one attached hydrogen (secondary N) is 2. The second-order valence-electron chi connectivity index (χ2n) is 10.6. The van der Waals surface area contributed by atoms with E-state index >= 15 is 0 Å². The Morgan fingerprint density at radius 1 is 0.976 bits per heavy atom. The second-order valence-corrected chi connectivity index (χ2v) is 11.1. The fraction of sp³-hybridized carbons (Fsp3) is 0.206. The maximum absolute atomic E-state index is 13.3. The second kappa shape index (κ2) is 11.2. The summed E-state index contributed by atoms with van der Waals surface area (Å²) >= 11 is 6.41. The molecule has 1 aliphatic rings. The van der Waals surface area contributed by atoms with Gasteiger partial charge in [0.1, 0.15) is 5.82 Å². The van der Waals surface area contributed by atoms with E-state index in [1.807, 2.05) is 42.5 Å². The molecule has 1 heterocycles. The van der Waals surface area contributed by atoms with Gasteiger partial charge in [-0.3, -0.25) is 4.79 Å².